The van der Waals surface area contributed by atoms with Crippen LogP contribution < -0.4 is 5.32 Å². The molecule has 1 aromatic heterocycles. The Hall–Kier alpha value is -0.810. The van der Waals surface area contributed by atoms with Crippen molar-refractivity contribution in [1.82, 2.24) is 9.88 Å². The van der Waals surface area contributed by atoms with E-state index in [0.29, 0.717) is 5.69 Å². The normalized spacial score (nSPS) is 13.1. The van der Waals surface area contributed by atoms with Gasteiger partial charge in [0, 0.05) is 16.7 Å². The summed E-state index contributed by atoms with van der Waals surface area (Å²) in [7, 11) is 0. The Balaban J connectivity index is 2.90. The van der Waals surface area contributed by atoms with E-state index in [9.17, 15) is 9.90 Å². The number of carbonyl (C=O) groups is 1. The third kappa shape index (κ3) is 3.59. The van der Waals surface area contributed by atoms with E-state index in [1.807, 2.05) is 38.5 Å². The molecule has 1 aromatic rings. The van der Waals surface area contributed by atoms with Crippen molar-refractivity contribution in [2.75, 3.05) is 6.61 Å². The molecular formula is C13H21BrN2O2. The number of aromatic nitrogens is 1. The molecule has 0 unspecified atom stereocenters. The van der Waals surface area contributed by atoms with Crippen molar-refractivity contribution in [3.05, 3.63) is 22.4 Å². The number of nitrogens with one attached hydrogen (secondary N) is 1. The number of carbonyl (C=O) groups excluding carboxylic acids is 1. The van der Waals surface area contributed by atoms with Gasteiger partial charge in [-0.1, -0.05) is 13.8 Å². The molecule has 18 heavy (non-hydrogen) atoms. The maximum atomic E-state index is 12.2. The molecule has 0 aromatic carbocycles. The molecular weight excluding hydrogens is 296 g/mol. The van der Waals surface area contributed by atoms with Gasteiger partial charge in [-0.2, -0.15) is 0 Å². The van der Waals surface area contributed by atoms with E-state index in [2.05, 4.69) is 21.2 Å². The Kier molecular flexibility index (Phi) is 5.41. The Morgan fingerprint density at radius 1 is 1.44 bits per heavy atom. The van der Waals surface area contributed by atoms with Crippen LogP contribution >= 0.6 is 15.9 Å². The maximum absolute atomic E-state index is 12.2. The molecule has 0 aliphatic rings. The van der Waals surface area contributed by atoms with Crippen molar-refractivity contribution in [3.8, 4) is 0 Å². The van der Waals surface area contributed by atoms with Gasteiger partial charge >= 0.3 is 0 Å². The summed E-state index contributed by atoms with van der Waals surface area (Å²) in [6.45, 7) is 7.94. The van der Waals surface area contributed by atoms with Crippen LogP contribution in [0.5, 0.6) is 0 Å². The lowest BCUT2D eigenvalue weighted by molar-refractivity contribution is 0.0886. The third-order valence-electron chi connectivity index (χ3n) is 2.92. The molecule has 102 valence electrons. The molecule has 5 heteroatoms. The van der Waals surface area contributed by atoms with Crippen LogP contribution in [0.15, 0.2) is 16.7 Å². The average molecular weight is 317 g/mol. The second-order valence-electron chi connectivity index (χ2n) is 5.05. The fourth-order valence-corrected chi connectivity index (χ4v) is 2.16. The highest BCUT2D eigenvalue weighted by Crippen LogP contribution is 2.19. The van der Waals surface area contributed by atoms with Crippen LogP contribution in [0.25, 0.3) is 0 Å². The fourth-order valence-electron chi connectivity index (χ4n) is 1.72. The highest BCUT2D eigenvalue weighted by atomic mass is 79.9. The van der Waals surface area contributed by atoms with Gasteiger partial charge in [0.05, 0.1) is 12.6 Å². The highest BCUT2D eigenvalue weighted by molar-refractivity contribution is 9.10. The average Bonchev–Trinajstić information content (AvgIpc) is 2.67. The molecule has 0 fully saturated rings. The molecule has 1 amide bonds. The Morgan fingerprint density at radius 3 is 2.50 bits per heavy atom. The molecule has 0 aliphatic carbocycles. The van der Waals surface area contributed by atoms with E-state index < -0.39 is 0 Å². The number of amides is 1. The smallest absolute Gasteiger partial charge is 0.268 e. The van der Waals surface area contributed by atoms with Gasteiger partial charge in [0.25, 0.3) is 5.91 Å². The minimum atomic E-state index is -0.216. The zero-order valence-corrected chi connectivity index (χ0v) is 12.9. The van der Waals surface area contributed by atoms with Gasteiger partial charge in [-0.3, -0.25) is 4.79 Å². The van der Waals surface area contributed by atoms with Gasteiger partial charge in [0.1, 0.15) is 5.69 Å². The highest BCUT2D eigenvalue weighted by Gasteiger charge is 2.20. The first-order valence-corrected chi connectivity index (χ1v) is 6.95. The van der Waals surface area contributed by atoms with Crippen molar-refractivity contribution in [1.29, 1.82) is 0 Å². The van der Waals surface area contributed by atoms with Crippen LogP contribution in [0.2, 0.25) is 0 Å². The van der Waals surface area contributed by atoms with Gasteiger partial charge in [-0.15, -0.1) is 0 Å². The van der Waals surface area contributed by atoms with E-state index in [4.69, 9.17) is 0 Å². The predicted octanol–water partition coefficient (Wildman–Crippen LogP) is 2.58. The van der Waals surface area contributed by atoms with E-state index in [0.717, 1.165) is 4.47 Å². The van der Waals surface area contributed by atoms with Crippen LogP contribution in [-0.2, 0) is 0 Å². The zero-order valence-electron chi connectivity index (χ0n) is 11.3. The van der Waals surface area contributed by atoms with E-state index >= 15 is 0 Å². The van der Waals surface area contributed by atoms with Crippen molar-refractivity contribution in [2.45, 2.75) is 39.8 Å². The lowest BCUT2D eigenvalue weighted by atomic mass is 10.1. The van der Waals surface area contributed by atoms with E-state index in [-0.39, 0.29) is 30.5 Å². The van der Waals surface area contributed by atoms with Gasteiger partial charge in [0.2, 0.25) is 0 Å². The van der Waals surface area contributed by atoms with Crippen molar-refractivity contribution < 1.29 is 9.90 Å². The van der Waals surface area contributed by atoms with Crippen LogP contribution in [0.4, 0.5) is 0 Å². The summed E-state index contributed by atoms with van der Waals surface area (Å²) in [5.41, 5.74) is 0.607. The molecule has 4 nitrogen and oxygen atoms in total. The van der Waals surface area contributed by atoms with Crippen LogP contribution in [0.3, 0.4) is 0 Å². The van der Waals surface area contributed by atoms with E-state index in [1.165, 1.54) is 0 Å². The molecule has 2 N–H and O–H groups in total. The standard InChI is InChI=1S/C13H21BrN2O2/c1-8(2)11(7-17)15-13(18)12-5-10(14)6-16(12)9(3)4/h5-6,8-9,11,17H,7H2,1-4H3,(H,15,18)/t11-/m1/s1. The predicted molar refractivity (Wildman–Crippen MR) is 75.7 cm³/mol. The molecule has 0 radical (unpaired) electrons. The fraction of sp³-hybridized carbons (Fsp3) is 0.615. The number of halogens is 1. The van der Waals surface area contributed by atoms with Gasteiger partial charge < -0.3 is 15.0 Å². The summed E-state index contributed by atoms with van der Waals surface area (Å²) in [4.78, 5) is 12.2. The first-order chi connectivity index (χ1) is 8.36. The minimum Gasteiger partial charge on any atom is -0.394 e. The number of aliphatic hydroxyl groups is 1. The van der Waals surface area contributed by atoms with Crippen molar-refractivity contribution in [3.63, 3.8) is 0 Å². The Bertz CT molecular complexity index is 413. The largest absolute Gasteiger partial charge is 0.394 e. The molecule has 1 rings (SSSR count). The Labute approximate surface area is 117 Å². The van der Waals surface area contributed by atoms with E-state index in [1.54, 1.807) is 6.07 Å². The second-order valence-corrected chi connectivity index (χ2v) is 5.97. The molecule has 0 saturated carbocycles. The SMILES string of the molecule is CC(C)[C@@H](CO)NC(=O)c1cc(Br)cn1C(C)C. The first-order valence-electron chi connectivity index (χ1n) is 6.16. The topological polar surface area (TPSA) is 54.3 Å². The molecule has 1 atom stereocenters. The third-order valence-corrected chi connectivity index (χ3v) is 3.36. The molecule has 0 spiro atoms. The number of hydrogen-bond acceptors (Lipinski definition) is 2. The number of nitrogens with zero attached hydrogens (tertiary/aromatic N) is 1. The molecule has 1 heterocycles. The van der Waals surface area contributed by atoms with Gasteiger partial charge in [-0.05, 0) is 41.8 Å². The quantitative estimate of drug-likeness (QED) is 0.877. The lowest BCUT2D eigenvalue weighted by Crippen LogP contribution is -2.41. The summed E-state index contributed by atoms with van der Waals surface area (Å²) in [6, 6.07) is 1.79. The first kappa shape index (κ1) is 15.2. The molecule has 0 aliphatic heterocycles. The minimum absolute atomic E-state index is 0.0486. The summed E-state index contributed by atoms with van der Waals surface area (Å²) in [5.74, 6) is 0.0482. The molecule has 0 bridgehead atoms. The number of hydrogen-bond donors (Lipinski definition) is 2. The van der Waals surface area contributed by atoms with Gasteiger partial charge in [0.15, 0.2) is 0 Å². The lowest BCUT2D eigenvalue weighted by Gasteiger charge is -2.21. The summed E-state index contributed by atoms with van der Waals surface area (Å²) in [5, 5.41) is 12.1. The van der Waals surface area contributed by atoms with Crippen molar-refractivity contribution in [2.24, 2.45) is 5.92 Å². The van der Waals surface area contributed by atoms with Gasteiger partial charge in [-0.25, -0.2) is 0 Å². The van der Waals surface area contributed by atoms with Crippen molar-refractivity contribution >= 4 is 21.8 Å². The zero-order chi connectivity index (χ0) is 13.9. The molecule has 0 saturated heterocycles. The number of rotatable bonds is 5. The summed E-state index contributed by atoms with van der Waals surface area (Å²) < 4.78 is 2.79. The Morgan fingerprint density at radius 2 is 2.06 bits per heavy atom. The van der Waals surface area contributed by atoms with Crippen LogP contribution in [0.1, 0.15) is 44.2 Å². The summed E-state index contributed by atoms with van der Waals surface area (Å²) in [6.07, 6.45) is 1.89. The second kappa shape index (κ2) is 6.38. The summed E-state index contributed by atoms with van der Waals surface area (Å²) >= 11 is 3.38. The number of aliphatic hydroxyl groups excluding tert-OH is 1. The maximum Gasteiger partial charge on any atom is 0.268 e. The monoisotopic (exact) mass is 316 g/mol. The van der Waals surface area contributed by atoms with Crippen LogP contribution in [0, 0.1) is 5.92 Å². The van der Waals surface area contributed by atoms with Crippen LogP contribution in [-0.4, -0.2) is 28.2 Å².